The molecular weight excluding hydrogens is 210 g/mol. The van der Waals surface area contributed by atoms with Gasteiger partial charge in [0.15, 0.2) is 0 Å². The molecule has 1 aromatic carbocycles. The van der Waals surface area contributed by atoms with Gasteiger partial charge in [-0.05, 0) is 30.0 Å². The summed E-state index contributed by atoms with van der Waals surface area (Å²) >= 11 is 0. The fourth-order valence-electron chi connectivity index (χ4n) is 3.24. The average molecular weight is 223 g/mol. The van der Waals surface area contributed by atoms with E-state index in [0.717, 1.165) is 5.95 Å². The van der Waals surface area contributed by atoms with Gasteiger partial charge >= 0.3 is 0 Å². The molecule has 2 aromatic rings. The summed E-state index contributed by atoms with van der Waals surface area (Å²) in [5, 5.41) is 0. The van der Waals surface area contributed by atoms with E-state index in [9.17, 15) is 0 Å². The van der Waals surface area contributed by atoms with Crippen LogP contribution < -0.4 is 4.90 Å². The third-order valence-electron chi connectivity index (χ3n) is 3.88. The summed E-state index contributed by atoms with van der Waals surface area (Å²) < 4.78 is 0. The summed E-state index contributed by atoms with van der Waals surface area (Å²) in [6, 6.07) is 11.6. The van der Waals surface area contributed by atoms with E-state index in [-0.39, 0.29) is 0 Å². The lowest BCUT2D eigenvalue weighted by molar-refractivity contribution is 0.716. The van der Waals surface area contributed by atoms with Crippen LogP contribution in [0.1, 0.15) is 36.1 Å². The van der Waals surface area contributed by atoms with Crippen LogP contribution in [0.4, 0.5) is 5.95 Å². The lowest BCUT2D eigenvalue weighted by Crippen LogP contribution is -2.20. The van der Waals surface area contributed by atoms with Crippen LogP contribution >= 0.6 is 0 Å². The van der Waals surface area contributed by atoms with Gasteiger partial charge in [0.05, 0.1) is 12.1 Å². The Morgan fingerprint density at radius 1 is 0.882 bits per heavy atom. The molecule has 3 nitrogen and oxygen atoms in total. The van der Waals surface area contributed by atoms with Crippen molar-refractivity contribution in [1.29, 1.82) is 0 Å². The van der Waals surface area contributed by atoms with E-state index in [2.05, 4.69) is 39.1 Å². The Labute approximate surface area is 100 Å². The highest BCUT2D eigenvalue weighted by Gasteiger charge is 2.44. The molecule has 2 bridgehead atoms. The maximum Gasteiger partial charge on any atom is 0.226 e. The molecule has 0 saturated carbocycles. The number of nitrogens with zero attached hydrogens (tertiary/aromatic N) is 3. The summed E-state index contributed by atoms with van der Waals surface area (Å²) in [7, 11) is 0. The maximum absolute atomic E-state index is 4.40. The molecule has 3 heterocycles. The molecule has 0 N–H and O–H groups in total. The molecule has 1 aromatic heterocycles. The van der Waals surface area contributed by atoms with Crippen LogP contribution in [-0.4, -0.2) is 9.97 Å². The smallest absolute Gasteiger partial charge is 0.226 e. The molecule has 2 aliphatic rings. The van der Waals surface area contributed by atoms with E-state index >= 15 is 0 Å². The minimum absolute atomic E-state index is 0.485. The van der Waals surface area contributed by atoms with Crippen molar-refractivity contribution in [1.82, 2.24) is 9.97 Å². The molecule has 0 radical (unpaired) electrons. The molecular formula is C14H13N3. The molecule has 0 aliphatic carbocycles. The fraction of sp³-hybridized carbons (Fsp3) is 0.286. The lowest BCUT2D eigenvalue weighted by Gasteiger charge is -2.21. The zero-order valence-corrected chi connectivity index (χ0v) is 9.45. The molecule has 0 amide bonds. The van der Waals surface area contributed by atoms with E-state index in [1.54, 1.807) is 0 Å². The summed E-state index contributed by atoms with van der Waals surface area (Å²) in [6.45, 7) is 0. The standard InChI is InChI=1S/C14H13N3/c1-2-5-11-10(4-1)12-6-7-13(11)17(12)14-15-8-3-9-16-14/h1-5,8-9,12-13H,6-7H2. The first-order valence-corrected chi connectivity index (χ1v) is 6.09. The second kappa shape index (κ2) is 3.29. The van der Waals surface area contributed by atoms with Crippen LogP contribution in [-0.2, 0) is 0 Å². The first-order valence-electron chi connectivity index (χ1n) is 6.09. The number of fused-ring (bicyclic) bond motifs is 5. The van der Waals surface area contributed by atoms with E-state index in [1.165, 1.54) is 24.0 Å². The van der Waals surface area contributed by atoms with Crippen LogP contribution in [0, 0.1) is 0 Å². The topological polar surface area (TPSA) is 29.0 Å². The number of benzene rings is 1. The Bertz CT molecular complexity index is 521. The SMILES string of the molecule is c1cnc(N2C3CCC2c2ccccc23)nc1. The molecule has 1 saturated heterocycles. The molecule has 3 heteroatoms. The van der Waals surface area contributed by atoms with Crippen molar-refractivity contribution in [3.63, 3.8) is 0 Å². The highest BCUT2D eigenvalue weighted by molar-refractivity contribution is 5.53. The molecule has 84 valence electrons. The highest BCUT2D eigenvalue weighted by atomic mass is 15.3. The monoisotopic (exact) mass is 223 g/mol. The summed E-state index contributed by atoms with van der Waals surface area (Å²) in [6.07, 6.45) is 6.09. The van der Waals surface area contributed by atoms with Gasteiger partial charge in [0.1, 0.15) is 0 Å². The van der Waals surface area contributed by atoms with Crippen molar-refractivity contribution < 1.29 is 0 Å². The van der Waals surface area contributed by atoms with Crippen molar-refractivity contribution >= 4 is 5.95 Å². The Hall–Kier alpha value is -1.90. The second-order valence-electron chi connectivity index (χ2n) is 4.69. The molecule has 1 fully saturated rings. The fourth-order valence-corrected chi connectivity index (χ4v) is 3.24. The predicted molar refractivity (Wildman–Crippen MR) is 65.7 cm³/mol. The first kappa shape index (κ1) is 9.16. The van der Waals surface area contributed by atoms with Gasteiger partial charge in [0.25, 0.3) is 0 Å². The van der Waals surface area contributed by atoms with Crippen LogP contribution in [0.5, 0.6) is 0 Å². The van der Waals surface area contributed by atoms with Crippen molar-refractivity contribution in [2.24, 2.45) is 0 Å². The van der Waals surface area contributed by atoms with Crippen molar-refractivity contribution in [3.05, 3.63) is 53.9 Å². The van der Waals surface area contributed by atoms with E-state index in [1.807, 2.05) is 18.5 Å². The average Bonchev–Trinajstić information content (AvgIpc) is 2.97. The van der Waals surface area contributed by atoms with E-state index in [4.69, 9.17) is 0 Å². The van der Waals surface area contributed by atoms with Gasteiger partial charge in [0.2, 0.25) is 5.95 Å². The number of rotatable bonds is 1. The van der Waals surface area contributed by atoms with Gasteiger partial charge in [-0.3, -0.25) is 0 Å². The molecule has 2 unspecified atom stereocenters. The molecule has 0 spiro atoms. The van der Waals surface area contributed by atoms with Crippen molar-refractivity contribution in [2.75, 3.05) is 4.90 Å². The van der Waals surface area contributed by atoms with Gasteiger partial charge in [-0.15, -0.1) is 0 Å². The molecule has 4 rings (SSSR count). The second-order valence-corrected chi connectivity index (χ2v) is 4.69. The quantitative estimate of drug-likeness (QED) is 0.744. The van der Waals surface area contributed by atoms with E-state index < -0.39 is 0 Å². The van der Waals surface area contributed by atoms with Crippen LogP contribution in [0.15, 0.2) is 42.7 Å². The Morgan fingerprint density at radius 3 is 2.06 bits per heavy atom. The van der Waals surface area contributed by atoms with Crippen molar-refractivity contribution in [3.8, 4) is 0 Å². The van der Waals surface area contributed by atoms with Crippen LogP contribution in [0.25, 0.3) is 0 Å². The van der Waals surface area contributed by atoms with Gasteiger partial charge in [0, 0.05) is 12.4 Å². The Balaban J connectivity index is 1.84. The van der Waals surface area contributed by atoms with Gasteiger partial charge in [-0.25, -0.2) is 9.97 Å². The van der Waals surface area contributed by atoms with Gasteiger partial charge in [-0.2, -0.15) is 0 Å². The zero-order chi connectivity index (χ0) is 11.2. The number of anilines is 1. The van der Waals surface area contributed by atoms with Crippen LogP contribution in [0.3, 0.4) is 0 Å². The van der Waals surface area contributed by atoms with Gasteiger partial charge in [-0.1, -0.05) is 24.3 Å². The zero-order valence-electron chi connectivity index (χ0n) is 9.45. The number of aromatic nitrogens is 2. The summed E-state index contributed by atoms with van der Waals surface area (Å²) in [5.41, 5.74) is 2.94. The minimum atomic E-state index is 0.485. The minimum Gasteiger partial charge on any atom is -0.327 e. The molecule has 2 aliphatic heterocycles. The third-order valence-corrected chi connectivity index (χ3v) is 3.88. The number of hydrogen-bond donors (Lipinski definition) is 0. The van der Waals surface area contributed by atoms with Gasteiger partial charge < -0.3 is 4.90 Å². The molecule has 2 atom stereocenters. The lowest BCUT2D eigenvalue weighted by atomic mass is 9.92. The number of hydrogen-bond acceptors (Lipinski definition) is 3. The summed E-state index contributed by atoms with van der Waals surface area (Å²) in [4.78, 5) is 11.2. The highest BCUT2D eigenvalue weighted by Crippen LogP contribution is 2.53. The normalized spacial score (nSPS) is 25.1. The summed E-state index contributed by atoms with van der Waals surface area (Å²) in [5.74, 6) is 0.871. The van der Waals surface area contributed by atoms with E-state index in [0.29, 0.717) is 12.1 Å². The third kappa shape index (κ3) is 1.16. The predicted octanol–water partition coefficient (Wildman–Crippen LogP) is 2.87. The first-order chi connectivity index (χ1) is 8.45. The van der Waals surface area contributed by atoms with Crippen LogP contribution in [0.2, 0.25) is 0 Å². The Kier molecular flexibility index (Phi) is 1.78. The van der Waals surface area contributed by atoms with Crippen molar-refractivity contribution in [2.45, 2.75) is 24.9 Å². The molecule has 17 heavy (non-hydrogen) atoms. The maximum atomic E-state index is 4.40. The Morgan fingerprint density at radius 2 is 1.47 bits per heavy atom. The largest absolute Gasteiger partial charge is 0.327 e.